The van der Waals surface area contributed by atoms with Crippen LogP contribution in [-0.2, 0) is 23.7 Å². The third kappa shape index (κ3) is 9.28. The first-order chi connectivity index (χ1) is 16.6. The highest BCUT2D eigenvalue weighted by atomic mass is 16.2. The zero-order chi connectivity index (χ0) is 26.0. The summed E-state index contributed by atoms with van der Waals surface area (Å²) in [6, 6.07) is 3.23. The lowest BCUT2D eigenvalue weighted by molar-refractivity contribution is -0.119. The number of carbonyl (C=O) groups is 4. The fourth-order valence-corrected chi connectivity index (χ4v) is 3.50. The first-order valence-corrected chi connectivity index (χ1v) is 11.7. The molecule has 192 valence electrons. The molecule has 0 aromatic carbocycles. The zero-order valence-electron chi connectivity index (χ0n) is 21.2. The molecule has 4 N–H and O–H groups in total. The van der Waals surface area contributed by atoms with Crippen molar-refractivity contribution in [3.05, 3.63) is 35.9 Å². The van der Waals surface area contributed by atoms with Gasteiger partial charge in [-0.25, -0.2) is 0 Å². The normalized spacial score (nSPS) is 10.8. The second kappa shape index (κ2) is 13.3. The maximum absolute atomic E-state index is 12.8. The largest absolute Gasteiger partial charge is 0.356 e. The summed E-state index contributed by atoms with van der Waals surface area (Å²) >= 11 is 0. The fourth-order valence-electron chi connectivity index (χ4n) is 3.50. The van der Waals surface area contributed by atoms with Gasteiger partial charge < -0.3 is 35.3 Å². The van der Waals surface area contributed by atoms with Crippen molar-refractivity contribution in [3.8, 4) is 0 Å². The van der Waals surface area contributed by atoms with Crippen LogP contribution in [0.25, 0.3) is 0 Å². The lowest BCUT2D eigenvalue weighted by Crippen LogP contribution is -2.28. The van der Waals surface area contributed by atoms with E-state index in [9.17, 15) is 19.2 Å². The number of hydrogen-bond donors (Lipinski definition) is 4. The minimum atomic E-state index is -0.355. The van der Waals surface area contributed by atoms with Gasteiger partial charge in [0.15, 0.2) is 0 Å². The number of hydrogen-bond acceptors (Lipinski definition) is 5. The van der Waals surface area contributed by atoms with Crippen LogP contribution in [0.2, 0.25) is 0 Å². The van der Waals surface area contributed by atoms with Crippen molar-refractivity contribution < 1.29 is 19.2 Å². The van der Waals surface area contributed by atoms with E-state index in [0.717, 1.165) is 13.0 Å². The van der Waals surface area contributed by atoms with Gasteiger partial charge in [-0.15, -0.1) is 0 Å². The van der Waals surface area contributed by atoms with Crippen molar-refractivity contribution in [3.63, 3.8) is 0 Å². The number of aromatic nitrogens is 2. The van der Waals surface area contributed by atoms with E-state index in [1.807, 2.05) is 14.1 Å². The second-order valence-electron chi connectivity index (χ2n) is 8.80. The van der Waals surface area contributed by atoms with E-state index in [4.69, 9.17) is 0 Å². The molecule has 0 aliphatic rings. The predicted octanol–water partition coefficient (Wildman–Crippen LogP) is 1.54. The van der Waals surface area contributed by atoms with Crippen LogP contribution >= 0.6 is 0 Å². The molecule has 0 aliphatic carbocycles. The quantitative estimate of drug-likeness (QED) is 0.319. The highest BCUT2D eigenvalue weighted by molar-refractivity contribution is 6.05. The highest BCUT2D eigenvalue weighted by Gasteiger charge is 2.17. The van der Waals surface area contributed by atoms with Crippen molar-refractivity contribution in [2.45, 2.75) is 32.6 Å². The Bertz CT molecular complexity index is 1040. The lowest BCUT2D eigenvalue weighted by atomic mass is 10.2. The molecule has 0 radical (unpaired) electrons. The van der Waals surface area contributed by atoms with Gasteiger partial charge in [0, 0.05) is 52.9 Å². The molecule has 2 heterocycles. The second-order valence-corrected chi connectivity index (χ2v) is 8.80. The molecule has 0 fully saturated rings. The minimum Gasteiger partial charge on any atom is -0.356 e. The Balaban J connectivity index is 1.88. The Labute approximate surface area is 206 Å². The molecule has 35 heavy (non-hydrogen) atoms. The molecule has 0 aliphatic heterocycles. The van der Waals surface area contributed by atoms with E-state index in [1.54, 1.807) is 47.8 Å². The third-order valence-electron chi connectivity index (χ3n) is 5.29. The van der Waals surface area contributed by atoms with Gasteiger partial charge in [0.1, 0.15) is 11.4 Å². The van der Waals surface area contributed by atoms with E-state index in [0.29, 0.717) is 55.1 Å². The molecule has 0 bridgehead atoms. The van der Waals surface area contributed by atoms with Crippen LogP contribution in [0.15, 0.2) is 24.5 Å². The maximum Gasteiger partial charge on any atom is 0.272 e. The maximum atomic E-state index is 12.8. The molecule has 2 aromatic rings. The summed E-state index contributed by atoms with van der Waals surface area (Å²) in [6.07, 6.45) is 5.87. The van der Waals surface area contributed by atoms with Crippen LogP contribution in [0, 0.1) is 0 Å². The molecule has 2 rings (SSSR count). The summed E-state index contributed by atoms with van der Waals surface area (Å²) in [6.45, 7) is 3.44. The van der Waals surface area contributed by atoms with Crippen LogP contribution in [0.3, 0.4) is 0 Å². The van der Waals surface area contributed by atoms with Crippen LogP contribution in [0.5, 0.6) is 0 Å². The minimum absolute atomic E-state index is 0.0878. The van der Waals surface area contributed by atoms with Crippen molar-refractivity contribution in [2.75, 3.05) is 44.4 Å². The predicted molar refractivity (Wildman–Crippen MR) is 135 cm³/mol. The Hall–Kier alpha value is -3.60. The smallest absolute Gasteiger partial charge is 0.272 e. The molecule has 0 saturated carbocycles. The number of nitrogens with one attached hydrogen (secondary N) is 4. The molecule has 0 unspecified atom stereocenters. The van der Waals surface area contributed by atoms with Crippen LogP contribution < -0.4 is 21.3 Å². The molecule has 11 heteroatoms. The summed E-state index contributed by atoms with van der Waals surface area (Å²) in [4.78, 5) is 50.3. The summed E-state index contributed by atoms with van der Waals surface area (Å²) in [7, 11) is 7.43. The molecule has 2 aromatic heterocycles. The Kier molecular flexibility index (Phi) is 10.5. The molecule has 0 spiro atoms. The van der Waals surface area contributed by atoms with Gasteiger partial charge in [0.05, 0.1) is 11.4 Å². The number of rotatable bonds is 13. The van der Waals surface area contributed by atoms with E-state index in [1.165, 1.54) is 6.92 Å². The van der Waals surface area contributed by atoms with E-state index in [-0.39, 0.29) is 23.6 Å². The zero-order valence-corrected chi connectivity index (χ0v) is 21.2. The van der Waals surface area contributed by atoms with Gasteiger partial charge in [0.25, 0.3) is 11.8 Å². The van der Waals surface area contributed by atoms with Crippen molar-refractivity contribution in [2.24, 2.45) is 14.1 Å². The molecule has 11 nitrogen and oxygen atoms in total. The summed E-state index contributed by atoms with van der Waals surface area (Å²) in [5, 5.41) is 11.2. The van der Waals surface area contributed by atoms with Crippen LogP contribution in [0.4, 0.5) is 11.4 Å². The topological polar surface area (TPSA) is 130 Å². The third-order valence-corrected chi connectivity index (χ3v) is 5.29. The van der Waals surface area contributed by atoms with Gasteiger partial charge >= 0.3 is 0 Å². The van der Waals surface area contributed by atoms with Gasteiger partial charge in [-0.1, -0.05) is 0 Å². The Morgan fingerprint density at radius 2 is 1.37 bits per heavy atom. The van der Waals surface area contributed by atoms with E-state index in [2.05, 4.69) is 26.2 Å². The average Bonchev–Trinajstić information content (AvgIpc) is 3.32. The first-order valence-electron chi connectivity index (χ1n) is 11.7. The van der Waals surface area contributed by atoms with Gasteiger partial charge in [0.2, 0.25) is 11.8 Å². The molecule has 4 amide bonds. The Morgan fingerprint density at radius 3 is 1.97 bits per heavy atom. The molecular weight excluding hydrogens is 450 g/mol. The number of carbonyl (C=O) groups excluding carboxylic acids is 4. The number of aryl methyl sites for hydroxylation is 2. The standard InChI is InChI=1S/C24H37N7O4/c1-17(32)25-10-7-6-9-22(33)27-18-13-21(31(5)15-18)24(35)28-19-14-20(30(4)16-19)23(34)26-11-8-12-29(2)3/h13-16H,6-12H2,1-5H3,(H,25,32)(H,26,34)(H,27,33)(H,28,35). The summed E-state index contributed by atoms with van der Waals surface area (Å²) in [5.41, 5.74) is 1.84. The molecule has 0 atom stereocenters. The highest BCUT2D eigenvalue weighted by Crippen LogP contribution is 2.18. The monoisotopic (exact) mass is 487 g/mol. The number of nitrogens with zero attached hydrogens (tertiary/aromatic N) is 3. The fraction of sp³-hybridized carbons (Fsp3) is 0.500. The van der Waals surface area contributed by atoms with Gasteiger partial charge in [-0.05, 0) is 52.0 Å². The first kappa shape index (κ1) is 27.6. The SMILES string of the molecule is CC(=O)NCCCCC(=O)Nc1cc(C(=O)Nc2cc(C(=O)NCCCN(C)C)n(C)c2)n(C)c1. The lowest BCUT2D eigenvalue weighted by Gasteiger charge is -2.10. The average molecular weight is 488 g/mol. The number of unbranched alkanes of at least 4 members (excludes halogenated alkanes) is 1. The molecule has 0 saturated heterocycles. The summed E-state index contributed by atoms with van der Waals surface area (Å²) < 4.78 is 3.29. The van der Waals surface area contributed by atoms with Crippen molar-refractivity contribution in [1.29, 1.82) is 0 Å². The van der Waals surface area contributed by atoms with Gasteiger partial charge in [-0.3, -0.25) is 19.2 Å². The van der Waals surface area contributed by atoms with Crippen molar-refractivity contribution in [1.82, 2.24) is 24.7 Å². The van der Waals surface area contributed by atoms with Crippen molar-refractivity contribution >= 4 is 35.0 Å². The number of anilines is 2. The summed E-state index contributed by atoms with van der Waals surface area (Å²) in [5.74, 6) is -0.802. The Morgan fingerprint density at radius 1 is 0.800 bits per heavy atom. The number of amides is 4. The van der Waals surface area contributed by atoms with Crippen LogP contribution in [0.1, 0.15) is 53.6 Å². The van der Waals surface area contributed by atoms with E-state index >= 15 is 0 Å². The van der Waals surface area contributed by atoms with Crippen LogP contribution in [-0.4, -0.2) is 71.4 Å². The van der Waals surface area contributed by atoms with E-state index < -0.39 is 0 Å². The molecular formula is C24H37N7O4. The van der Waals surface area contributed by atoms with Gasteiger partial charge in [-0.2, -0.15) is 0 Å².